The zero-order chi connectivity index (χ0) is 20.4. The molecular formula is C28H28Ge. The summed E-state index contributed by atoms with van der Waals surface area (Å²) in [6, 6.07) is 35.6. The predicted molar refractivity (Wildman–Crippen MR) is 130 cm³/mol. The second kappa shape index (κ2) is 8.04. The van der Waals surface area contributed by atoms with E-state index < -0.39 is 13.3 Å². The summed E-state index contributed by atoms with van der Waals surface area (Å²) in [5.74, 6) is 7.32. The fourth-order valence-electron chi connectivity index (χ4n) is 3.75. The molecule has 0 fully saturated rings. The molecule has 0 aliphatic heterocycles. The number of hydrogen-bond acceptors (Lipinski definition) is 0. The van der Waals surface area contributed by atoms with Gasteiger partial charge in [-0.05, 0) is 6.92 Å². The van der Waals surface area contributed by atoms with E-state index in [9.17, 15) is 0 Å². The molecule has 0 heterocycles. The van der Waals surface area contributed by atoms with Crippen LogP contribution in [-0.2, 0) is 0 Å². The number of benzene rings is 4. The molecular weight excluding hydrogens is 409 g/mol. The summed E-state index contributed by atoms with van der Waals surface area (Å²) in [7, 11) is 0. The van der Waals surface area contributed by atoms with E-state index in [0.717, 1.165) is 0 Å². The van der Waals surface area contributed by atoms with Crippen LogP contribution in [0.3, 0.4) is 0 Å². The van der Waals surface area contributed by atoms with Gasteiger partial charge in [-0.1, -0.05) is 30.3 Å². The Bertz CT molecular complexity index is 1100. The van der Waals surface area contributed by atoms with E-state index in [1.165, 1.54) is 38.9 Å². The Labute approximate surface area is 177 Å². The van der Waals surface area contributed by atoms with Crippen LogP contribution in [0.2, 0.25) is 17.3 Å². The second-order valence-corrected chi connectivity index (χ2v) is 19.5. The van der Waals surface area contributed by atoms with Gasteiger partial charge in [0.25, 0.3) is 0 Å². The van der Waals surface area contributed by atoms with Crippen LogP contribution in [0.5, 0.6) is 0 Å². The van der Waals surface area contributed by atoms with E-state index in [0.29, 0.717) is 0 Å². The molecule has 1 heteroatoms. The molecule has 0 nitrogen and oxygen atoms in total. The molecule has 144 valence electrons. The molecule has 4 rings (SSSR count). The van der Waals surface area contributed by atoms with Crippen LogP contribution >= 0.6 is 0 Å². The third-order valence-electron chi connectivity index (χ3n) is 5.62. The summed E-state index contributed by atoms with van der Waals surface area (Å²) < 4.78 is 1.55. The second-order valence-electron chi connectivity index (χ2n) is 8.80. The van der Waals surface area contributed by atoms with Gasteiger partial charge in [-0.2, -0.15) is 0 Å². The quantitative estimate of drug-likeness (QED) is 0.290. The van der Waals surface area contributed by atoms with Crippen LogP contribution in [-0.4, -0.2) is 13.3 Å². The Morgan fingerprint density at radius 1 is 0.483 bits per heavy atom. The van der Waals surface area contributed by atoms with Crippen molar-refractivity contribution in [2.75, 3.05) is 0 Å². The summed E-state index contributed by atoms with van der Waals surface area (Å²) in [5.41, 5.74) is 8.96. The van der Waals surface area contributed by atoms with Gasteiger partial charge in [0.2, 0.25) is 0 Å². The minimum atomic E-state index is -1.75. The van der Waals surface area contributed by atoms with Crippen molar-refractivity contribution in [1.29, 1.82) is 0 Å². The Kier molecular flexibility index (Phi) is 5.47. The van der Waals surface area contributed by atoms with Gasteiger partial charge in [0, 0.05) is 0 Å². The van der Waals surface area contributed by atoms with Crippen LogP contribution in [0.4, 0.5) is 0 Å². The molecule has 0 unspecified atom stereocenters. The van der Waals surface area contributed by atoms with Gasteiger partial charge in [0.05, 0.1) is 0 Å². The van der Waals surface area contributed by atoms with Crippen molar-refractivity contribution in [3.63, 3.8) is 0 Å². The van der Waals surface area contributed by atoms with Crippen molar-refractivity contribution in [2.24, 2.45) is 0 Å². The molecule has 0 spiro atoms. The van der Waals surface area contributed by atoms with E-state index in [1.807, 2.05) is 0 Å². The van der Waals surface area contributed by atoms with Crippen LogP contribution in [0.15, 0.2) is 97.1 Å². The first-order valence-corrected chi connectivity index (χ1v) is 17.6. The Morgan fingerprint density at radius 3 is 1.52 bits per heavy atom. The monoisotopic (exact) mass is 438 g/mol. The first kappa shape index (κ1) is 19.7. The van der Waals surface area contributed by atoms with Gasteiger partial charge < -0.3 is 0 Å². The molecule has 0 N–H and O–H groups in total. The standard InChI is InChI=1S/C28H28Ge/c1-21-10-11-26(20-28(21)25-8-6-5-7-9-25)24-14-12-22(13-15-24)23-16-18-27(19-17-23)29(2,3)4/h5-20H,1-4H3. The number of hydrogen-bond donors (Lipinski definition) is 0. The maximum absolute atomic E-state index is 2.44. The molecule has 0 aliphatic carbocycles. The van der Waals surface area contributed by atoms with Crippen molar-refractivity contribution in [2.45, 2.75) is 24.2 Å². The van der Waals surface area contributed by atoms with E-state index in [2.05, 4.69) is 121 Å². The topological polar surface area (TPSA) is 0 Å². The fourth-order valence-corrected chi connectivity index (χ4v) is 6.20. The molecule has 0 aliphatic rings. The van der Waals surface area contributed by atoms with E-state index in [1.54, 1.807) is 4.40 Å². The zero-order valence-electron chi connectivity index (χ0n) is 17.7. The summed E-state index contributed by atoms with van der Waals surface area (Å²) in [4.78, 5) is 0. The van der Waals surface area contributed by atoms with Crippen LogP contribution in [0, 0.1) is 6.92 Å². The molecule has 4 aromatic rings. The summed E-state index contributed by atoms with van der Waals surface area (Å²) >= 11 is -1.75. The minimum Gasteiger partial charge on any atom is -0.0622 e. The third-order valence-corrected chi connectivity index (χ3v) is 9.96. The molecule has 0 bridgehead atoms. The third kappa shape index (κ3) is 4.38. The molecule has 29 heavy (non-hydrogen) atoms. The predicted octanol–water partition coefficient (Wildman–Crippen LogP) is 7.54. The average molecular weight is 437 g/mol. The summed E-state index contributed by atoms with van der Waals surface area (Å²) in [6.45, 7) is 2.18. The molecule has 0 amide bonds. The van der Waals surface area contributed by atoms with E-state index in [4.69, 9.17) is 0 Å². The molecule has 4 aromatic carbocycles. The van der Waals surface area contributed by atoms with Crippen LogP contribution < -0.4 is 4.40 Å². The van der Waals surface area contributed by atoms with Gasteiger partial charge in [0.15, 0.2) is 0 Å². The fraction of sp³-hybridized carbons (Fsp3) is 0.143. The van der Waals surface area contributed by atoms with Crippen molar-refractivity contribution < 1.29 is 0 Å². The molecule has 0 radical (unpaired) electrons. The molecule has 0 saturated heterocycles. The van der Waals surface area contributed by atoms with Crippen molar-refractivity contribution in [3.8, 4) is 33.4 Å². The van der Waals surface area contributed by atoms with Crippen molar-refractivity contribution >= 4 is 17.7 Å². The van der Waals surface area contributed by atoms with Gasteiger partial charge in [-0.3, -0.25) is 0 Å². The smallest absolute Gasteiger partial charge is 0.0622 e. The van der Waals surface area contributed by atoms with Gasteiger partial charge in [-0.15, -0.1) is 0 Å². The first-order chi connectivity index (χ1) is 13.9. The van der Waals surface area contributed by atoms with Crippen LogP contribution in [0.1, 0.15) is 5.56 Å². The number of rotatable bonds is 4. The normalized spacial score (nSPS) is 11.4. The summed E-state index contributed by atoms with van der Waals surface area (Å²) in [6.07, 6.45) is 0. The Morgan fingerprint density at radius 2 is 0.966 bits per heavy atom. The van der Waals surface area contributed by atoms with Crippen molar-refractivity contribution in [3.05, 3.63) is 103 Å². The molecule has 0 aromatic heterocycles. The maximum atomic E-state index is 2.44. The summed E-state index contributed by atoms with van der Waals surface area (Å²) in [5, 5.41) is 0. The van der Waals surface area contributed by atoms with E-state index in [-0.39, 0.29) is 0 Å². The van der Waals surface area contributed by atoms with Crippen LogP contribution in [0.25, 0.3) is 33.4 Å². The Balaban J connectivity index is 1.63. The minimum absolute atomic E-state index is 1.26. The first-order valence-electron chi connectivity index (χ1n) is 10.3. The SMILES string of the molecule is Cc1ccc(-c2ccc(-c3cc[c]([Ge]([CH3])([CH3])[CH3])cc3)cc2)cc1-c1ccccc1. The van der Waals surface area contributed by atoms with Gasteiger partial charge >= 0.3 is 141 Å². The van der Waals surface area contributed by atoms with Gasteiger partial charge in [-0.25, -0.2) is 0 Å². The Hall–Kier alpha value is -2.58. The van der Waals surface area contributed by atoms with E-state index >= 15 is 0 Å². The number of aryl methyl sites for hydroxylation is 1. The zero-order valence-corrected chi connectivity index (χ0v) is 19.8. The molecule has 0 saturated carbocycles. The molecule has 0 atom stereocenters. The van der Waals surface area contributed by atoms with Crippen molar-refractivity contribution in [1.82, 2.24) is 0 Å². The average Bonchev–Trinajstić information content (AvgIpc) is 2.74. The van der Waals surface area contributed by atoms with Gasteiger partial charge in [0.1, 0.15) is 0 Å².